The summed E-state index contributed by atoms with van der Waals surface area (Å²) in [6, 6.07) is 11.5. The van der Waals surface area contributed by atoms with Crippen LogP contribution < -0.4 is 10.3 Å². The summed E-state index contributed by atoms with van der Waals surface area (Å²) >= 11 is 3.36. The van der Waals surface area contributed by atoms with Crippen molar-refractivity contribution in [3.05, 3.63) is 63.0 Å². The molecule has 0 fully saturated rings. The Balaban J connectivity index is 1.81. The van der Waals surface area contributed by atoms with E-state index in [0.29, 0.717) is 13.2 Å². The second-order valence-corrected chi connectivity index (χ2v) is 5.49. The number of aromatic nitrogens is 1. The molecule has 4 heteroatoms. The van der Waals surface area contributed by atoms with Gasteiger partial charge in [-0.15, -0.1) is 0 Å². The second kappa shape index (κ2) is 7.29. The standard InChI is InChI=1S/C16H18BrNO2/c1-2-13-4-7-15(8-5-13)20-11-3-10-18-12-14(17)6-9-16(18)19/h4-9,12H,2-3,10-11H2,1H3. The van der Waals surface area contributed by atoms with E-state index in [1.807, 2.05) is 12.1 Å². The molecule has 0 spiro atoms. The van der Waals surface area contributed by atoms with Crippen molar-refractivity contribution in [2.75, 3.05) is 6.61 Å². The number of benzene rings is 1. The average Bonchev–Trinajstić information content (AvgIpc) is 2.47. The molecule has 1 aromatic carbocycles. The van der Waals surface area contributed by atoms with Gasteiger partial charge in [-0.25, -0.2) is 0 Å². The van der Waals surface area contributed by atoms with Crippen LogP contribution in [0.1, 0.15) is 18.9 Å². The third-order valence-corrected chi connectivity index (χ3v) is 3.56. The molecule has 0 saturated heterocycles. The van der Waals surface area contributed by atoms with Crippen LogP contribution in [0.25, 0.3) is 0 Å². The van der Waals surface area contributed by atoms with Gasteiger partial charge in [-0.05, 0) is 52.5 Å². The lowest BCUT2D eigenvalue weighted by molar-refractivity contribution is 0.301. The molecule has 0 aliphatic heterocycles. The van der Waals surface area contributed by atoms with E-state index in [2.05, 4.69) is 35.0 Å². The van der Waals surface area contributed by atoms with E-state index in [0.717, 1.165) is 23.1 Å². The summed E-state index contributed by atoms with van der Waals surface area (Å²) in [6.45, 7) is 3.39. The molecule has 2 aromatic rings. The van der Waals surface area contributed by atoms with Gasteiger partial charge in [0.15, 0.2) is 0 Å². The van der Waals surface area contributed by atoms with E-state index in [9.17, 15) is 4.79 Å². The highest BCUT2D eigenvalue weighted by molar-refractivity contribution is 9.10. The predicted octanol–water partition coefficient (Wildman–Crippen LogP) is 3.64. The van der Waals surface area contributed by atoms with Crippen molar-refractivity contribution in [2.45, 2.75) is 26.3 Å². The van der Waals surface area contributed by atoms with Crippen LogP contribution in [0.3, 0.4) is 0 Å². The number of rotatable bonds is 6. The van der Waals surface area contributed by atoms with Gasteiger partial charge in [0.05, 0.1) is 6.61 Å². The van der Waals surface area contributed by atoms with Crippen LogP contribution in [-0.2, 0) is 13.0 Å². The third kappa shape index (κ3) is 4.23. The summed E-state index contributed by atoms with van der Waals surface area (Å²) in [5, 5.41) is 0. The van der Waals surface area contributed by atoms with Crippen molar-refractivity contribution in [3.8, 4) is 5.75 Å². The lowest BCUT2D eigenvalue weighted by Gasteiger charge is -2.08. The molecule has 0 N–H and O–H groups in total. The Morgan fingerprint density at radius 1 is 1.15 bits per heavy atom. The van der Waals surface area contributed by atoms with Gasteiger partial charge in [0.25, 0.3) is 5.56 Å². The quantitative estimate of drug-likeness (QED) is 0.754. The Labute approximate surface area is 127 Å². The lowest BCUT2D eigenvalue weighted by atomic mass is 10.2. The first kappa shape index (κ1) is 14.9. The normalized spacial score (nSPS) is 10.5. The van der Waals surface area contributed by atoms with Crippen molar-refractivity contribution >= 4 is 15.9 Å². The molecule has 106 valence electrons. The maximum Gasteiger partial charge on any atom is 0.250 e. The van der Waals surface area contributed by atoms with Gasteiger partial charge in [-0.2, -0.15) is 0 Å². The Kier molecular flexibility index (Phi) is 5.41. The van der Waals surface area contributed by atoms with Gasteiger partial charge in [-0.1, -0.05) is 19.1 Å². The minimum absolute atomic E-state index is 0.0144. The highest BCUT2D eigenvalue weighted by Gasteiger charge is 1.98. The molecule has 0 saturated carbocycles. The van der Waals surface area contributed by atoms with Gasteiger partial charge in [0, 0.05) is 23.3 Å². The van der Waals surface area contributed by atoms with Gasteiger partial charge in [0.2, 0.25) is 0 Å². The fourth-order valence-corrected chi connectivity index (χ4v) is 2.30. The Bertz CT molecular complexity index is 605. The zero-order chi connectivity index (χ0) is 14.4. The first-order chi connectivity index (χ1) is 9.69. The van der Waals surface area contributed by atoms with Crippen molar-refractivity contribution in [2.24, 2.45) is 0 Å². The number of aryl methyl sites for hydroxylation is 2. The van der Waals surface area contributed by atoms with E-state index in [4.69, 9.17) is 4.74 Å². The summed E-state index contributed by atoms with van der Waals surface area (Å²) in [5.74, 6) is 0.879. The van der Waals surface area contributed by atoms with Gasteiger partial charge >= 0.3 is 0 Å². The van der Waals surface area contributed by atoms with Crippen LogP contribution in [-0.4, -0.2) is 11.2 Å². The summed E-state index contributed by atoms with van der Waals surface area (Å²) in [4.78, 5) is 11.6. The molecule has 2 rings (SSSR count). The predicted molar refractivity (Wildman–Crippen MR) is 84.3 cm³/mol. The zero-order valence-corrected chi connectivity index (χ0v) is 13.1. The topological polar surface area (TPSA) is 31.2 Å². The summed E-state index contributed by atoms with van der Waals surface area (Å²) < 4.78 is 8.27. The van der Waals surface area contributed by atoms with Crippen LogP contribution >= 0.6 is 15.9 Å². The number of halogens is 1. The first-order valence-electron chi connectivity index (χ1n) is 6.77. The molecular formula is C16H18BrNO2. The van der Waals surface area contributed by atoms with E-state index < -0.39 is 0 Å². The lowest BCUT2D eigenvalue weighted by Crippen LogP contribution is -2.19. The van der Waals surface area contributed by atoms with Crippen LogP contribution in [0.2, 0.25) is 0 Å². The molecule has 0 bridgehead atoms. The van der Waals surface area contributed by atoms with Crippen LogP contribution in [0.5, 0.6) is 5.75 Å². The SMILES string of the molecule is CCc1ccc(OCCCn2cc(Br)ccc2=O)cc1. The largest absolute Gasteiger partial charge is 0.494 e. The Morgan fingerprint density at radius 3 is 2.60 bits per heavy atom. The van der Waals surface area contributed by atoms with Crippen LogP contribution in [0.15, 0.2) is 51.9 Å². The highest BCUT2D eigenvalue weighted by Crippen LogP contribution is 2.12. The van der Waals surface area contributed by atoms with E-state index >= 15 is 0 Å². The monoisotopic (exact) mass is 335 g/mol. The molecule has 1 heterocycles. The van der Waals surface area contributed by atoms with E-state index in [1.54, 1.807) is 22.9 Å². The van der Waals surface area contributed by atoms with Crippen molar-refractivity contribution < 1.29 is 4.74 Å². The maximum atomic E-state index is 11.6. The summed E-state index contributed by atoms with van der Waals surface area (Å²) in [7, 11) is 0. The number of hydrogen-bond acceptors (Lipinski definition) is 2. The fraction of sp³-hybridized carbons (Fsp3) is 0.312. The van der Waals surface area contributed by atoms with E-state index in [-0.39, 0.29) is 5.56 Å². The van der Waals surface area contributed by atoms with Crippen LogP contribution in [0.4, 0.5) is 0 Å². The molecular weight excluding hydrogens is 318 g/mol. The summed E-state index contributed by atoms with van der Waals surface area (Å²) in [5.41, 5.74) is 1.32. The van der Waals surface area contributed by atoms with Crippen molar-refractivity contribution in [3.63, 3.8) is 0 Å². The van der Waals surface area contributed by atoms with E-state index in [1.165, 1.54) is 5.56 Å². The second-order valence-electron chi connectivity index (χ2n) is 4.58. The Morgan fingerprint density at radius 2 is 1.90 bits per heavy atom. The fourth-order valence-electron chi connectivity index (χ4n) is 1.92. The van der Waals surface area contributed by atoms with Gasteiger partial charge in [-0.3, -0.25) is 4.79 Å². The average molecular weight is 336 g/mol. The maximum absolute atomic E-state index is 11.6. The van der Waals surface area contributed by atoms with Crippen molar-refractivity contribution in [1.29, 1.82) is 0 Å². The van der Waals surface area contributed by atoms with Gasteiger partial charge < -0.3 is 9.30 Å². The number of hydrogen-bond donors (Lipinski definition) is 0. The van der Waals surface area contributed by atoms with Crippen molar-refractivity contribution in [1.82, 2.24) is 4.57 Å². The minimum Gasteiger partial charge on any atom is -0.494 e. The molecule has 1 aromatic heterocycles. The van der Waals surface area contributed by atoms with Gasteiger partial charge in [0.1, 0.15) is 5.75 Å². The molecule has 0 unspecified atom stereocenters. The molecule has 0 amide bonds. The number of pyridine rings is 1. The molecule has 0 radical (unpaired) electrons. The smallest absolute Gasteiger partial charge is 0.250 e. The summed E-state index contributed by atoms with van der Waals surface area (Å²) in [6.07, 6.45) is 3.64. The number of nitrogens with zero attached hydrogens (tertiary/aromatic N) is 1. The highest BCUT2D eigenvalue weighted by atomic mass is 79.9. The van der Waals surface area contributed by atoms with Crippen LogP contribution in [0, 0.1) is 0 Å². The minimum atomic E-state index is 0.0144. The molecule has 3 nitrogen and oxygen atoms in total. The molecule has 0 aliphatic rings. The molecule has 20 heavy (non-hydrogen) atoms. The molecule has 0 aliphatic carbocycles. The third-order valence-electron chi connectivity index (χ3n) is 3.09. The Hall–Kier alpha value is -1.55. The zero-order valence-electron chi connectivity index (χ0n) is 11.5. The molecule has 0 atom stereocenters. The first-order valence-corrected chi connectivity index (χ1v) is 7.56. The number of ether oxygens (including phenoxy) is 1.